The molecule has 4 aliphatic rings. The van der Waals surface area contributed by atoms with E-state index in [0.717, 1.165) is 24.8 Å². The van der Waals surface area contributed by atoms with Crippen LogP contribution in [0, 0.1) is 24.7 Å². The van der Waals surface area contributed by atoms with Crippen LogP contribution in [0.3, 0.4) is 0 Å². The summed E-state index contributed by atoms with van der Waals surface area (Å²) in [5, 5.41) is 6.25. The number of ether oxygens (including phenoxy) is 2. The number of benzene rings is 1. The predicted octanol–water partition coefficient (Wildman–Crippen LogP) is 3.21. The van der Waals surface area contributed by atoms with Crippen molar-refractivity contribution < 1.29 is 23.9 Å². The molecule has 1 aromatic rings. The van der Waals surface area contributed by atoms with Crippen LogP contribution in [0.25, 0.3) is 0 Å². The first kappa shape index (κ1) is 25.9. The summed E-state index contributed by atoms with van der Waals surface area (Å²) in [6.45, 7) is 7.55. The first-order valence-electron chi connectivity index (χ1n) is 13.8. The van der Waals surface area contributed by atoms with Crippen molar-refractivity contribution in [2.45, 2.75) is 76.7 Å². The van der Waals surface area contributed by atoms with E-state index < -0.39 is 29.6 Å². The highest BCUT2D eigenvalue weighted by atomic mass is 16.5. The molecular weight excluding hydrogens is 470 g/mol. The molecule has 8 heteroatoms. The maximum absolute atomic E-state index is 13.9. The van der Waals surface area contributed by atoms with Crippen molar-refractivity contribution in [2.75, 3.05) is 25.1 Å². The van der Waals surface area contributed by atoms with Crippen LogP contribution in [0.2, 0.25) is 0 Å². The van der Waals surface area contributed by atoms with E-state index in [4.69, 9.17) is 9.47 Å². The van der Waals surface area contributed by atoms with Crippen LogP contribution in [0.15, 0.2) is 36.4 Å². The molecule has 2 bridgehead atoms. The normalized spacial score (nSPS) is 34.0. The molecule has 1 spiro atoms. The zero-order valence-electron chi connectivity index (χ0n) is 22.1. The highest BCUT2D eigenvalue weighted by Crippen LogP contribution is 2.55. The van der Waals surface area contributed by atoms with Crippen LogP contribution in [0.1, 0.15) is 51.5 Å². The van der Waals surface area contributed by atoms with Crippen molar-refractivity contribution in [1.29, 1.82) is 0 Å². The molecule has 8 nitrogen and oxygen atoms in total. The van der Waals surface area contributed by atoms with Gasteiger partial charge in [-0.05, 0) is 56.7 Å². The Kier molecular flexibility index (Phi) is 7.41. The summed E-state index contributed by atoms with van der Waals surface area (Å²) >= 11 is 0. The zero-order chi connectivity index (χ0) is 26.2. The van der Waals surface area contributed by atoms with Crippen molar-refractivity contribution >= 4 is 23.4 Å². The van der Waals surface area contributed by atoms with Gasteiger partial charge in [-0.15, -0.1) is 0 Å². The molecule has 2 saturated heterocycles. The lowest BCUT2D eigenvalue weighted by Crippen LogP contribution is -2.57. The number of likely N-dealkylation sites (tertiary alicyclic amines) is 1. The molecule has 3 fully saturated rings. The topological polar surface area (TPSA) is 97.0 Å². The molecule has 1 aliphatic carbocycles. The monoisotopic (exact) mass is 509 g/mol. The van der Waals surface area contributed by atoms with Gasteiger partial charge in [-0.2, -0.15) is 0 Å². The van der Waals surface area contributed by atoms with Crippen LogP contribution in [-0.2, 0) is 23.9 Å². The second-order valence-electron chi connectivity index (χ2n) is 11.0. The summed E-state index contributed by atoms with van der Waals surface area (Å²) < 4.78 is 11.9. The van der Waals surface area contributed by atoms with Gasteiger partial charge in [0.05, 0.1) is 17.9 Å². The Balaban J connectivity index is 1.41. The average Bonchev–Trinajstić information content (AvgIpc) is 3.51. The van der Waals surface area contributed by atoms with Crippen LogP contribution >= 0.6 is 0 Å². The SMILES string of the molecule is CCOCCCN1C(=O)[C@H]2C(C(=O)Nc3cccc(C)c3)[C@H]3C=CC2(O3)C1C(=O)NC1CCCCC1C. The number of carbonyl (C=O) groups excluding carboxylic acids is 3. The fourth-order valence-electron chi connectivity index (χ4n) is 6.73. The number of nitrogens with one attached hydrogen (secondary N) is 2. The maximum atomic E-state index is 13.9. The molecule has 5 rings (SSSR count). The van der Waals surface area contributed by atoms with Crippen LogP contribution in [0.5, 0.6) is 0 Å². The van der Waals surface area contributed by atoms with Gasteiger partial charge in [-0.3, -0.25) is 14.4 Å². The molecule has 1 aromatic carbocycles. The highest BCUT2D eigenvalue weighted by molar-refractivity contribution is 6.02. The summed E-state index contributed by atoms with van der Waals surface area (Å²) in [5.74, 6) is -1.67. The third-order valence-electron chi connectivity index (χ3n) is 8.54. The Hall–Kier alpha value is -2.71. The van der Waals surface area contributed by atoms with Crippen molar-refractivity contribution in [3.8, 4) is 0 Å². The molecule has 3 aliphatic heterocycles. The zero-order valence-corrected chi connectivity index (χ0v) is 22.1. The Labute approximate surface area is 219 Å². The number of carbonyl (C=O) groups is 3. The number of hydrogen-bond acceptors (Lipinski definition) is 5. The van der Waals surface area contributed by atoms with E-state index in [2.05, 4.69) is 17.6 Å². The van der Waals surface area contributed by atoms with Crippen molar-refractivity contribution in [1.82, 2.24) is 10.2 Å². The Morgan fingerprint density at radius 1 is 1.22 bits per heavy atom. The van der Waals surface area contributed by atoms with Gasteiger partial charge in [0.2, 0.25) is 17.7 Å². The summed E-state index contributed by atoms with van der Waals surface area (Å²) in [6.07, 6.45) is 8.09. The standard InChI is InChI=1S/C29H39N3O5/c1-4-36-16-8-15-32-25(27(34)31-21-12-6-5-10-19(21)3)29-14-13-22(37-29)23(24(29)28(32)35)26(33)30-20-11-7-9-18(2)17-20/h7,9,11,13-14,17,19,21-25H,4-6,8,10,12,15-16H2,1-3H3,(H,30,33)(H,31,34)/t19?,21?,22-,23?,24-,25?,29?/m1/s1. The number of rotatable bonds is 9. The van der Waals surface area contributed by atoms with Gasteiger partial charge in [0.25, 0.3) is 0 Å². The third kappa shape index (κ3) is 4.70. The summed E-state index contributed by atoms with van der Waals surface area (Å²) in [6, 6.07) is 6.86. The number of aryl methyl sites for hydroxylation is 1. The van der Waals surface area contributed by atoms with Crippen molar-refractivity contribution in [2.24, 2.45) is 17.8 Å². The minimum absolute atomic E-state index is 0.0834. The summed E-state index contributed by atoms with van der Waals surface area (Å²) in [7, 11) is 0. The number of hydrogen-bond donors (Lipinski definition) is 2. The third-order valence-corrected chi connectivity index (χ3v) is 8.54. The molecule has 3 amide bonds. The molecule has 2 N–H and O–H groups in total. The largest absolute Gasteiger partial charge is 0.382 e. The summed E-state index contributed by atoms with van der Waals surface area (Å²) in [4.78, 5) is 43.0. The molecule has 200 valence electrons. The molecule has 3 heterocycles. The van der Waals surface area contributed by atoms with E-state index in [-0.39, 0.29) is 23.8 Å². The van der Waals surface area contributed by atoms with E-state index in [1.165, 1.54) is 6.42 Å². The van der Waals surface area contributed by atoms with Crippen molar-refractivity contribution in [3.63, 3.8) is 0 Å². The molecule has 7 atom stereocenters. The maximum Gasteiger partial charge on any atom is 0.246 e. The predicted molar refractivity (Wildman–Crippen MR) is 140 cm³/mol. The van der Waals surface area contributed by atoms with Crippen LogP contribution < -0.4 is 10.6 Å². The first-order valence-corrected chi connectivity index (χ1v) is 13.8. The van der Waals surface area contributed by atoms with Gasteiger partial charge in [0, 0.05) is 31.5 Å². The molecule has 5 unspecified atom stereocenters. The van der Waals surface area contributed by atoms with E-state index in [9.17, 15) is 14.4 Å². The van der Waals surface area contributed by atoms with E-state index in [1.54, 1.807) is 4.90 Å². The number of fused-ring (bicyclic) bond motifs is 1. The quantitative estimate of drug-likeness (QED) is 0.394. The molecule has 0 radical (unpaired) electrons. The van der Waals surface area contributed by atoms with E-state index >= 15 is 0 Å². The number of amides is 3. The van der Waals surface area contributed by atoms with Gasteiger partial charge in [-0.25, -0.2) is 0 Å². The minimum atomic E-state index is -1.13. The summed E-state index contributed by atoms with van der Waals surface area (Å²) in [5.41, 5.74) is 0.582. The molecule has 1 saturated carbocycles. The Bertz CT molecular complexity index is 1070. The van der Waals surface area contributed by atoms with E-state index in [0.29, 0.717) is 37.8 Å². The van der Waals surface area contributed by atoms with Gasteiger partial charge in [0.15, 0.2) is 0 Å². The number of anilines is 1. The van der Waals surface area contributed by atoms with Crippen molar-refractivity contribution in [3.05, 3.63) is 42.0 Å². The van der Waals surface area contributed by atoms with Crippen LogP contribution in [0.4, 0.5) is 5.69 Å². The lowest BCUT2D eigenvalue weighted by molar-refractivity contribution is -0.141. The number of nitrogens with zero attached hydrogens (tertiary/aromatic N) is 1. The lowest BCUT2D eigenvalue weighted by Gasteiger charge is -2.36. The van der Waals surface area contributed by atoms with Crippen LogP contribution in [-0.4, -0.2) is 66.2 Å². The lowest BCUT2D eigenvalue weighted by atomic mass is 9.74. The fraction of sp³-hybridized carbons (Fsp3) is 0.621. The smallest absolute Gasteiger partial charge is 0.246 e. The highest BCUT2D eigenvalue weighted by Gasteiger charge is 2.72. The average molecular weight is 510 g/mol. The second kappa shape index (κ2) is 10.6. The Morgan fingerprint density at radius 3 is 2.78 bits per heavy atom. The van der Waals surface area contributed by atoms with Gasteiger partial charge in [0.1, 0.15) is 11.6 Å². The van der Waals surface area contributed by atoms with Gasteiger partial charge in [-0.1, -0.05) is 44.1 Å². The second-order valence-corrected chi connectivity index (χ2v) is 11.0. The van der Waals surface area contributed by atoms with Gasteiger partial charge >= 0.3 is 0 Å². The Morgan fingerprint density at radius 2 is 2.03 bits per heavy atom. The fourth-order valence-corrected chi connectivity index (χ4v) is 6.73. The molecule has 37 heavy (non-hydrogen) atoms. The first-order chi connectivity index (χ1) is 17.9. The van der Waals surface area contributed by atoms with E-state index in [1.807, 2.05) is 50.3 Å². The molecule has 0 aromatic heterocycles. The van der Waals surface area contributed by atoms with Gasteiger partial charge < -0.3 is 25.0 Å². The minimum Gasteiger partial charge on any atom is -0.382 e. The molecular formula is C29H39N3O5.